The summed E-state index contributed by atoms with van der Waals surface area (Å²) in [7, 11) is 0. The summed E-state index contributed by atoms with van der Waals surface area (Å²) in [5.74, 6) is 0.392. The van der Waals surface area contributed by atoms with Gasteiger partial charge in [0.1, 0.15) is 10.6 Å². The van der Waals surface area contributed by atoms with E-state index in [1.807, 2.05) is 6.92 Å². The average Bonchev–Trinajstić information content (AvgIpc) is 2.92. The molecular weight excluding hydrogens is 256 g/mol. The smallest absolute Gasteiger partial charge is 0.125 e. The average molecular weight is 284 g/mol. The zero-order valence-electron chi connectivity index (χ0n) is 12.7. The van der Waals surface area contributed by atoms with Gasteiger partial charge in [0.05, 0.1) is 5.69 Å². The minimum absolute atomic E-state index is 0.205. The molecule has 0 bridgehead atoms. The molecule has 19 heavy (non-hydrogen) atoms. The topological polar surface area (TPSA) is 48.1 Å². The molecule has 1 heterocycles. The number of hydrogen-bond acceptors (Lipinski definition) is 4. The fourth-order valence-corrected chi connectivity index (χ4v) is 3.71. The molecule has 0 aliphatic heterocycles. The summed E-state index contributed by atoms with van der Waals surface area (Å²) in [6, 6.07) is 0. The molecule has 4 heteroatoms. The molecule has 0 fully saturated rings. The van der Waals surface area contributed by atoms with E-state index in [4.69, 9.17) is 15.5 Å². The maximum atomic E-state index is 6.02. The fourth-order valence-electron chi connectivity index (χ4n) is 2.51. The van der Waals surface area contributed by atoms with Crippen molar-refractivity contribution in [2.75, 3.05) is 13.2 Å². The van der Waals surface area contributed by atoms with E-state index in [-0.39, 0.29) is 5.60 Å². The van der Waals surface area contributed by atoms with E-state index in [2.05, 4.69) is 26.2 Å². The highest BCUT2D eigenvalue weighted by atomic mass is 32.1. The molecule has 0 aliphatic rings. The van der Waals surface area contributed by atoms with Crippen LogP contribution in [-0.4, -0.2) is 18.1 Å². The van der Waals surface area contributed by atoms with Crippen molar-refractivity contribution in [2.24, 2.45) is 5.73 Å². The lowest BCUT2D eigenvalue weighted by atomic mass is 9.97. The van der Waals surface area contributed by atoms with E-state index >= 15 is 0 Å². The van der Waals surface area contributed by atoms with Crippen LogP contribution in [-0.2, 0) is 10.3 Å². The number of nitrogens with zero attached hydrogens (tertiary/aromatic N) is 1. The van der Waals surface area contributed by atoms with E-state index in [1.165, 1.54) is 0 Å². The van der Waals surface area contributed by atoms with Gasteiger partial charge in [-0.3, -0.25) is 0 Å². The summed E-state index contributed by atoms with van der Waals surface area (Å²) in [6.45, 7) is 10.00. The molecule has 1 rings (SSSR count). The first kappa shape index (κ1) is 16.6. The maximum Gasteiger partial charge on any atom is 0.125 e. The third kappa shape index (κ3) is 3.77. The Bertz CT molecular complexity index is 361. The molecule has 0 spiro atoms. The van der Waals surface area contributed by atoms with Gasteiger partial charge >= 0.3 is 0 Å². The third-order valence-electron chi connectivity index (χ3n) is 3.81. The van der Waals surface area contributed by atoms with Crippen molar-refractivity contribution in [3.63, 3.8) is 0 Å². The van der Waals surface area contributed by atoms with Gasteiger partial charge in [-0.25, -0.2) is 4.98 Å². The van der Waals surface area contributed by atoms with E-state index < -0.39 is 0 Å². The van der Waals surface area contributed by atoms with Crippen molar-refractivity contribution >= 4 is 11.3 Å². The van der Waals surface area contributed by atoms with Crippen LogP contribution in [0.15, 0.2) is 5.38 Å². The van der Waals surface area contributed by atoms with Gasteiger partial charge in [0.15, 0.2) is 0 Å². The highest BCUT2D eigenvalue weighted by Crippen LogP contribution is 2.36. The predicted molar refractivity (Wildman–Crippen MR) is 82.7 cm³/mol. The molecular formula is C15H28N2OS. The summed E-state index contributed by atoms with van der Waals surface area (Å²) in [5, 5.41) is 3.28. The number of thiazole rings is 1. The first-order valence-corrected chi connectivity index (χ1v) is 8.35. The lowest BCUT2D eigenvalue weighted by molar-refractivity contribution is -0.0507. The lowest BCUT2D eigenvalue weighted by Gasteiger charge is -2.29. The zero-order chi connectivity index (χ0) is 14.3. The molecule has 0 radical (unpaired) electrons. The molecule has 2 N–H and O–H groups in total. The van der Waals surface area contributed by atoms with Gasteiger partial charge in [-0.15, -0.1) is 11.3 Å². The van der Waals surface area contributed by atoms with E-state index in [9.17, 15) is 0 Å². The Kier molecular flexibility index (Phi) is 6.97. The molecule has 0 saturated carbocycles. The molecule has 1 atom stereocenters. The summed E-state index contributed by atoms with van der Waals surface area (Å²) >= 11 is 1.72. The van der Waals surface area contributed by atoms with Gasteiger partial charge in [0, 0.05) is 24.4 Å². The van der Waals surface area contributed by atoms with Gasteiger partial charge < -0.3 is 10.5 Å². The van der Waals surface area contributed by atoms with Crippen molar-refractivity contribution in [2.45, 2.75) is 64.9 Å². The zero-order valence-corrected chi connectivity index (χ0v) is 13.6. The number of rotatable bonds is 9. The van der Waals surface area contributed by atoms with E-state index in [0.29, 0.717) is 12.5 Å². The molecule has 0 saturated heterocycles. The standard InChI is InChI=1S/C15H28N2OS/c1-5-9-12(10-16)13-11-19-14(17-13)15(6-2,7-3)18-8-4/h11-12H,5-10,16H2,1-4H3. The quantitative estimate of drug-likeness (QED) is 0.744. The SMILES string of the molecule is CCCC(CN)c1csc(C(CC)(CC)OCC)n1. The van der Waals surface area contributed by atoms with Crippen LogP contribution < -0.4 is 5.73 Å². The molecule has 0 aliphatic carbocycles. The Morgan fingerprint density at radius 2 is 2.00 bits per heavy atom. The maximum absolute atomic E-state index is 6.02. The van der Waals surface area contributed by atoms with Crippen LogP contribution in [0.3, 0.4) is 0 Å². The first-order valence-electron chi connectivity index (χ1n) is 7.47. The van der Waals surface area contributed by atoms with Crippen LogP contribution in [0.1, 0.15) is 70.0 Å². The Balaban J connectivity index is 2.98. The normalized spacial score (nSPS) is 13.7. The predicted octanol–water partition coefficient (Wildman–Crippen LogP) is 4.04. The second-order valence-electron chi connectivity index (χ2n) is 4.93. The van der Waals surface area contributed by atoms with Crippen LogP contribution >= 0.6 is 11.3 Å². The number of nitrogens with two attached hydrogens (primary N) is 1. The van der Waals surface area contributed by atoms with Crippen LogP contribution in [0.2, 0.25) is 0 Å². The van der Waals surface area contributed by atoms with Crippen molar-refractivity contribution in [1.82, 2.24) is 4.98 Å². The molecule has 110 valence electrons. The first-order chi connectivity index (χ1) is 9.17. The Morgan fingerprint density at radius 3 is 2.47 bits per heavy atom. The third-order valence-corrected chi connectivity index (χ3v) is 4.86. The Hall–Kier alpha value is -0.450. The fraction of sp³-hybridized carbons (Fsp3) is 0.800. The summed E-state index contributed by atoms with van der Waals surface area (Å²) in [5.41, 5.74) is 6.81. The summed E-state index contributed by atoms with van der Waals surface area (Å²) in [4.78, 5) is 4.85. The molecule has 1 aromatic rings. The van der Waals surface area contributed by atoms with Gasteiger partial charge in [-0.1, -0.05) is 27.2 Å². The van der Waals surface area contributed by atoms with Crippen LogP contribution in [0.5, 0.6) is 0 Å². The van der Waals surface area contributed by atoms with Gasteiger partial charge in [-0.2, -0.15) is 0 Å². The molecule has 1 unspecified atom stereocenters. The second-order valence-corrected chi connectivity index (χ2v) is 5.79. The summed E-state index contributed by atoms with van der Waals surface area (Å²) < 4.78 is 6.02. The molecule has 1 aromatic heterocycles. The molecule has 0 amide bonds. The second kappa shape index (κ2) is 7.98. The van der Waals surface area contributed by atoms with Crippen LogP contribution in [0.25, 0.3) is 0 Å². The highest BCUT2D eigenvalue weighted by Gasteiger charge is 2.32. The molecule has 3 nitrogen and oxygen atoms in total. The van der Waals surface area contributed by atoms with E-state index in [1.54, 1.807) is 11.3 Å². The minimum Gasteiger partial charge on any atom is -0.368 e. The number of hydrogen-bond donors (Lipinski definition) is 1. The van der Waals surface area contributed by atoms with Crippen molar-refractivity contribution < 1.29 is 4.74 Å². The Morgan fingerprint density at radius 1 is 1.32 bits per heavy atom. The van der Waals surface area contributed by atoms with Gasteiger partial charge in [0.25, 0.3) is 0 Å². The van der Waals surface area contributed by atoms with Crippen molar-refractivity contribution in [3.05, 3.63) is 16.1 Å². The van der Waals surface area contributed by atoms with Crippen LogP contribution in [0.4, 0.5) is 0 Å². The minimum atomic E-state index is -0.205. The lowest BCUT2D eigenvalue weighted by Crippen LogP contribution is -2.28. The van der Waals surface area contributed by atoms with E-state index in [0.717, 1.165) is 43.0 Å². The summed E-state index contributed by atoms with van der Waals surface area (Å²) in [6.07, 6.45) is 4.18. The Labute approximate surface area is 121 Å². The largest absolute Gasteiger partial charge is 0.368 e. The van der Waals surface area contributed by atoms with Gasteiger partial charge in [0.2, 0.25) is 0 Å². The van der Waals surface area contributed by atoms with Crippen LogP contribution in [0, 0.1) is 0 Å². The molecule has 0 aromatic carbocycles. The van der Waals surface area contributed by atoms with Crippen molar-refractivity contribution in [3.8, 4) is 0 Å². The van der Waals surface area contributed by atoms with Gasteiger partial charge in [-0.05, 0) is 26.2 Å². The highest BCUT2D eigenvalue weighted by molar-refractivity contribution is 7.09. The van der Waals surface area contributed by atoms with Crippen molar-refractivity contribution in [1.29, 1.82) is 0 Å². The number of ether oxygens (including phenoxy) is 1. The number of aromatic nitrogens is 1. The monoisotopic (exact) mass is 284 g/mol.